The van der Waals surface area contributed by atoms with Crippen molar-refractivity contribution in [3.8, 4) is 11.1 Å². The lowest BCUT2D eigenvalue weighted by Gasteiger charge is -2.27. The molecule has 0 amide bonds. The number of aromatic nitrogens is 3. The number of ether oxygens (including phenoxy) is 1. The lowest BCUT2D eigenvalue weighted by molar-refractivity contribution is 0.194. The molecule has 2 aromatic heterocycles. The molecule has 1 aliphatic heterocycles. The number of hydrogen-bond acceptors (Lipinski definition) is 6. The van der Waals surface area contributed by atoms with Crippen LogP contribution in [0.3, 0.4) is 0 Å². The Bertz CT molecular complexity index is 1510. The molecule has 2 aromatic carbocycles. The second-order valence-electron chi connectivity index (χ2n) is 7.85. The van der Waals surface area contributed by atoms with Crippen molar-refractivity contribution >= 4 is 37.6 Å². The standard InChI is InChI=1S/C22H21N5O4S/c1-26-12-16(11-25-26)15-8-20-21(24-10-15)5-3-14-2-4-17(9-19(14)22(20)28)27(32(23,29)30)18-6-7-31-13-18/h2-5,8-12,18H,6-7,13H2,1H3,(H2,23,29,30). The summed E-state index contributed by atoms with van der Waals surface area (Å²) in [5, 5.41) is 11.2. The van der Waals surface area contributed by atoms with Gasteiger partial charge < -0.3 is 4.74 Å². The average Bonchev–Trinajstić information content (AvgIpc) is 3.41. The maximum Gasteiger partial charge on any atom is 0.299 e. The van der Waals surface area contributed by atoms with E-state index < -0.39 is 16.3 Å². The molecule has 1 aliphatic rings. The first-order valence-electron chi connectivity index (χ1n) is 10.1. The summed E-state index contributed by atoms with van der Waals surface area (Å²) < 4.78 is 32.9. The summed E-state index contributed by atoms with van der Waals surface area (Å²) in [7, 11) is -2.23. The van der Waals surface area contributed by atoms with Crippen molar-refractivity contribution in [3.63, 3.8) is 0 Å². The minimum Gasteiger partial charge on any atom is -0.379 e. The minimum absolute atomic E-state index is 0.239. The molecule has 32 heavy (non-hydrogen) atoms. The zero-order chi connectivity index (χ0) is 22.5. The maximum atomic E-state index is 13.5. The molecule has 9 nitrogen and oxygen atoms in total. The largest absolute Gasteiger partial charge is 0.379 e. The first-order chi connectivity index (χ1) is 15.3. The summed E-state index contributed by atoms with van der Waals surface area (Å²) in [5.74, 6) is 0. The molecule has 1 unspecified atom stereocenters. The number of pyridine rings is 1. The van der Waals surface area contributed by atoms with Crippen LogP contribution in [0.5, 0.6) is 0 Å². The van der Waals surface area contributed by atoms with Crippen LogP contribution in [0, 0.1) is 0 Å². The highest BCUT2D eigenvalue weighted by Gasteiger charge is 2.31. The third kappa shape index (κ3) is 3.62. The molecule has 0 aliphatic carbocycles. The van der Waals surface area contributed by atoms with E-state index in [2.05, 4.69) is 10.1 Å². The van der Waals surface area contributed by atoms with Crippen LogP contribution in [0.2, 0.25) is 0 Å². The molecule has 3 heterocycles. The highest BCUT2D eigenvalue weighted by Crippen LogP contribution is 2.28. The van der Waals surface area contributed by atoms with Gasteiger partial charge in [0.25, 0.3) is 10.2 Å². The van der Waals surface area contributed by atoms with Crippen LogP contribution in [-0.4, -0.2) is 42.4 Å². The van der Waals surface area contributed by atoms with Crippen LogP contribution in [0.4, 0.5) is 5.69 Å². The normalized spacial score (nSPS) is 16.6. The van der Waals surface area contributed by atoms with Crippen molar-refractivity contribution in [1.29, 1.82) is 0 Å². The minimum atomic E-state index is -4.05. The zero-order valence-electron chi connectivity index (χ0n) is 17.3. The molecule has 2 N–H and O–H groups in total. The van der Waals surface area contributed by atoms with Gasteiger partial charge in [-0.3, -0.25) is 18.8 Å². The molecule has 10 heteroatoms. The van der Waals surface area contributed by atoms with Gasteiger partial charge in [-0.25, -0.2) is 5.14 Å². The summed E-state index contributed by atoms with van der Waals surface area (Å²) in [6, 6.07) is 9.93. The Morgan fingerprint density at radius 3 is 2.62 bits per heavy atom. The predicted molar refractivity (Wildman–Crippen MR) is 123 cm³/mol. The second-order valence-corrected chi connectivity index (χ2v) is 9.28. The van der Waals surface area contributed by atoms with Gasteiger partial charge in [0.05, 0.1) is 30.0 Å². The van der Waals surface area contributed by atoms with Crippen LogP contribution in [0.1, 0.15) is 6.42 Å². The number of anilines is 1. The molecule has 1 atom stereocenters. The van der Waals surface area contributed by atoms with Gasteiger partial charge in [0.1, 0.15) is 0 Å². The fourth-order valence-corrected chi connectivity index (χ4v) is 5.12. The van der Waals surface area contributed by atoms with Crippen molar-refractivity contribution in [2.75, 3.05) is 17.5 Å². The lowest BCUT2D eigenvalue weighted by Crippen LogP contribution is -2.44. The number of benzene rings is 1. The third-order valence-corrected chi connectivity index (χ3v) is 6.73. The Balaban J connectivity index is 1.73. The predicted octanol–water partition coefficient (Wildman–Crippen LogP) is 1.95. The van der Waals surface area contributed by atoms with Crippen LogP contribution in [-0.2, 0) is 22.0 Å². The van der Waals surface area contributed by atoms with Gasteiger partial charge >= 0.3 is 0 Å². The lowest BCUT2D eigenvalue weighted by atomic mass is 10.1. The number of rotatable bonds is 4. The van der Waals surface area contributed by atoms with E-state index in [1.54, 1.807) is 53.5 Å². The molecule has 0 radical (unpaired) electrons. The van der Waals surface area contributed by atoms with E-state index in [4.69, 9.17) is 9.88 Å². The van der Waals surface area contributed by atoms with Gasteiger partial charge in [-0.05, 0) is 36.1 Å². The first kappa shape index (κ1) is 20.6. The van der Waals surface area contributed by atoms with E-state index >= 15 is 0 Å². The average molecular weight is 452 g/mol. The second kappa shape index (κ2) is 7.66. The highest BCUT2D eigenvalue weighted by molar-refractivity contribution is 7.90. The van der Waals surface area contributed by atoms with E-state index in [0.717, 1.165) is 15.4 Å². The molecule has 0 saturated carbocycles. The van der Waals surface area contributed by atoms with Gasteiger partial charge in [-0.15, -0.1) is 0 Å². The van der Waals surface area contributed by atoms with E-state index in [1.807, 2.05) is 13.2 Å². The summed E-state index contributed by atoms with van der Waals surface area (Å²) in [6.45, 7) is 0.710. The Morgan fingerprint density at radius 2 is 1.94 bits per heavy atom. The summed E-state index contributed by atoms with van der Waals surface area (Å²) in [6.07, 6.45) is 5.79. The smallest absolute Gasteiger partial charge is 0.299 e. The Kier molecular flexibility index (Phi) is 4.92. The number of nitrogens with zero attached hydrogens (tertiary/aromatic N) is 4. The van der Waals surface area contributed by atoms with E-state index in [9.17, 15) is 13.2 Å². The van der Waals surface area contributed by atoms with Gasteiger partial charge in [0.2, 0.25) is 0 Å². The molecule has 164 valence electrons. The monoisotopic (exact) mass is 451 g/mol. The number of nitrogens with two attached hydrogens (primary N) is 1. The quantitative estimate of drug-likeness (QED) is 0.506. The molecule has 1 fully saturated rings. The van der Waals surface area contributed by atoms with Gasteiger partial charge in [-0.2, -0.15) is 13.5 Å². The summed E-state index contributed by atoms with van der Waals surface area (Å²) in [4.78, 5) is 18.0. The van der Waals surface area contributed by atoms with Crippen molar-refractivity contribution in [2.45, 2.75) is 12.5 Å². The van der Waals surface area contributed by atoms with Crippen molar-refractivity contribution < 1.29 is 13.2 Å². The summed E-state index contributed by atoms with van der Waals surface area (Å²) >= 11 is 0. The van der Waals surface area contributed by atoms with Crippen molar-refractivity contribution in [2.24, 2.45) is 12.2 Å². The Morgan fingerprint density at radius 1 is 1.12 bits per heavy atom. The molecular formula is C22H21N5O4S. The Hall–Kier alpha value is -3.34. The first-order valence-corrected chi connectivity index (χ1v) is 11.6. The van der Waals surface area contributed by atoms with Gasteiger partial charge in [0, 0.05) is 47.9 Å². The number of aryl methyl sites for hydroxylation is 1. The fraction of sp³-hybridized carbons (Fsp3) is 0.227. The van der Waals surface area contributed by atoms with E-state index in [1.165, 1.54) is 0 Å². The van der Waals surface area contributed by atoms with E-state index in [0.29, 0.717) is 40.4 Å². The van der Waals surface area contributed by atoms with Gasteiger partial charge in [-0.1, -0.05) is 12.1 Å². The third-order valence-electron chi connectivity index (χ3n) is 5.67. The Labute approximate surface area is 184 Å². The fourth-order valence-electron chi connectivity index (χ4n) is 4.13. The molecule has 0 spiro atoms. The van der Waals surface area contributed by atoms with Crippen LogP contribution in [0.25, 0.3) is 32.8 Å². The molecule has 5 rings (SSSR count). The summed E-state index contributed by atoms with van der Waals surface area (Å²) in [5.41, 5.74) is 2.26. The van der Waals surface area contributed by atoms with Crippen LogP contribution < -0.4 is 14.9 Å². The topological polar surface area (TPSA) is 120 Å². The molecule has 4 aromatic rings. The molecule has 0 bridgehead atoms. The number of fused-ring (bicyclic) bond motifs is 2. The maximum absolute atomic E-state index is 13.5. The van der Waals surface area contributed by atoms with Crippen molar-refractivity contribution in [1.82, 2.24) is 14.8 Å². The SMILES string of the molecule is Cn1cc(-c2cnc3ccc4ccc(N(C5CCOC5)S(N)(=O)=O)cc4c(=O)c3c2)cn1. The van der Waals surface area contributed by atoms with Crippen molar-refractivity contribution in [3.05, 3.63) is 65.2 Å². The zero-order valence-corrected chi connectivity index (χ0v) is 18.1. The van der Waals surface area contributed by atoms with Crippen LogP contribution in [0.15, 0.2) is 59.8 Å². The van der Waals surface area contributed by atoms with Crippen LogP contribution >= 0.6 is 0 Å². The highest BCUT2D eigenvalue weighted by atomic mass is 32.2. The molecular weight excluding hydrogens is 430 g/mol. The molecule has 1 saturated heterocycles. The van der Waals surface area contributed by atoms with E-state index in [-0.39, 0.29) is 12.0 Å². The number of hydrogen-bond donors (Lipinski definition) is 1. The van der Waals surface area contributed by atoms with Gasteiger partial charge in [0.15, 0.2) is 5.43 Å².